The summed E-state index contributed by atoms with van der Waals surface area (Å²) in [5.74, 6) is 0.758. The molecule has 1 N–H and O–H groups in total. The first-order valence-electron chi connectivity index (χ1n) is 9.40. The normalized spacial score (nSPS) is 24.8. The summed E-state index contributed by atoms with van der Waals surface area (Å²) in [6, 6.07) is 11.1. The predicted octanol–water partition coefficient (Wildman–Crippen LogP) is 2.67. The third kappa shape index (κ3) is 4.37. The van der Waals surface area contributed by atoms with Gasteiger partial charge < -0.3 is 10.2 Å². The summed E-state index contributed by atoms with van der Waals surface area (Å²) in [5.41, 5.74) is 1.25. The molecule has 1 amide bonds. The Morgan fingerprint density at radius 3 is 2.58 bits per heavy atom. The lowest BCUT2D eigenvalue weighted by Crippen LogP contribution is -2.53. The van der Waals surface area contributed by atoms with Crippen LogP contribution in [-0.4, -0.2) is 55.0 Å². The van der Waals surface area contributed by atoms with Gasteiger partial charge in [0.1, 0.15) is 0 Å². The third-order valence-electron chi connectivity index (χ3n) is 5.66. The first kappa shape index (κ1) is 17.4. The SMILES string of the molecule is C[C@H]1CN(C)CCN1CC(=O)N[C@@H](c1ccccc1)C1CCCC1. The molecule has 24 heavy (non-hydrogen) atoms. The minimum Gasteiger partial charge on any atom is -0.348 e. The fraction of sp³-hybridized carbons (Fsp3) is 0.650. The van der Waals surface area contributed by atoms with Crippen LogP contribution in [0.5, 0.6) is 0 Å². The zero-order valence-electron chi connectivity index (χ0n) is 15.1. The summed E-state index contributed by atoms with van der Waals surface area (Å²) in [7, 11) is 2.15. The number of piperazine rings is 1. The largest absolute Gasteiger partial charge is 0.348 e. The molecule has 4 heteroatoms. The Balaban J connectivity index is 1.63. The van der Waals surface area contributed by atoms with Gasteiger partial charge in [-0.15, -0.1) is 0 Å². The zero-order chi connectivity index (χ0) is 16.9. The molecule has 0 aromatic heterocycles. The predicted molar refractivity (Wildman–Crippen MR) is 97.8 cm³/mol. The number of amides is 1. The van der Waals surface area contributed by atoms with E-state index in [2.05, 4.69) is 53.4 Å². The highest BCUT2D eigenvalue weighted by atomic mass is 16.2. The van der Waals surface area contributed by atoms with Crippen molar-refractivity contribution in [2.75, 3.05) is 33.2 Å². The number of carbonyl (C=O) groups is 1. The molecule has 1 aliphatic heterocycles. The molecule has 1 heterocycles. The van der Waals surface area contributed by atoms with Gasteiger partial charge in [0.2, 0.25) is 5.91 Å². The molecule has 1 aliphatic carbocycles. The van der Waals surface area contributed by atoms with Crippen molar-refractivity contribution in [3.05, 3.63) is 35.9 Å². The number of rotatable bonds is 5. The van der Waals surface area contributed by atoms with Crippen molar-refractivity contribution in [1.29, 1.82) is 0 Å². The lowest BCUT2D eigenvalue weighted by Gasteiger charge is -2.38. The van der Waals surface area contributed by atoms with Gasteiger partial charge in [0, 0.05) is 25.7 Å². The van der Waals surface area contributed by atoms with Crippen LogP contribution in [-0.2, 0) is 4.79 Å². The van der Waals surface area contributed by atoms with Crippen LogP contribution in [0.2, 0.25) is 0 Å². The molecule has 2 atom stereocenters. The number of nitrogens with zero attached hydrogens (tertiary/aromatic N) is 2. The van der Waals surface area contributed by atoms with Crippen molar-refractivity contribution >= 4 is 5.91 Å². The number of hydrogen-bond acceptors (Lipinski definition) is 3. The number of nitrogens with one attached hydrogen (secondary N) is 1. The van der Waals surface area contributed by atoms with Crippen LogP contribution in [0.25, 0.3) is 0 Å². The smallest absolute Gasteiger partial charge is 0.234 e. The topological polar surface area (TPSA) is 35.6 Å². The molecule has 1 aromatic carbocycles. The third-order valence-corrected chi connectivity index (χ3v) is 5.66. The van der Waals surface area contributed by atoms with Gasteiger partial charge in [-0.3, -0.25) is 9.69 Å². The molecule has 0 spiro atoms. The maximum atomic E-state index is 12.7. The van der Waals surface area contributed by atoms with E-state index in [0.29, 0.717) is 18.5 Å². The number of benzene rings is 1. The fourth-order valence-corrected chi connectivity index (χ4v) is 4.24. The molecule has 2 fully saturated rings. The minimum atomic E-state index is 0.170. The van der Waals surface area contributed by atoms with Crippen LogP contribution in [0.4, 0.5) is 0 Å². The van der Waals surface area contributed by atoms with Crippen LogP contribution in [0.3, 0.4) is 0 Å². The molecule has 0 bridgehead atoms. The second kappa shape index (κ2) is 8.13. The molecule has 1 aromatic rings. The van der Waals surface area contributed by atoms with E-state index in [-0.39, 0.29) is 11.9 Å². The molecular formula is C20H31N3O. The average molecular weight is 329 g/mol. The van der Waals surface area contributed by atoms with E-state index in [4.69, 9.17) is 0 Å². The number of hydrogen-bond donors (Lipinski definition) is 1. The fourth-order valence-electron chi connectivity index (χ4n) is 4.24. The number of likely N-dealkylation sites (N-methyl/N-ethyl adjacent to an activating group) is 1. The quantitative estimate of drug-likeness (QED) is 0.902. The van der Waals surface area contributed by atoms with Crippen LogP contribution in [0.15, 0.2) is 30.3 Å². The van der Waals surface area contributed by atoms with Gasteiger partial charge in [-0.05, 0) is 38.3 Å². The molecule has 132 valence electrons. The monoisotopic (exact) mass is 329 g/mol. The van der Waals surface area contributed by atoms with E-state index in [1.165, 1.54) is 31.2 Å². The van der Waals surface area contributed by atoms with Crippen LogP contribution in [0, 0.1) is 5.92 Å². The minimum absolute atomic E-state index is 0.170. The van der Waals surface area contributed by atoms with Gasteiger partial charge in [0.05, 0.1) is 12.6 Å². The van der Waals surface area contributed by atoms with Crippen molar-refractivity contribution in [1.82, 2.24) is 15.1 Å². The summed E-state index contributed by atoms with van der Waals surface area (Å²) in [5, 5.41) is 3.36. The van der Waals surface area contributed by atoms with Gasteiger partial charge in [0.15, 0.2) is 0 Å². The Bertz CT molecular complexity index is 527. The van der Waals surface area contributed by atoms with Crippen molar-refractivity contribution < 1.29 is 4.79 Å². The first-order valence-corrected chi connectivity index (χ1v) is 9.40. The Labute approximate surface area is 146 Å². The molecular weight excluding hydrogens is 298 g/mol. The highest BCUT2D eigenvalue weighted by Gasteiger charge is 2.29. The lowest BCUT2D eigenvalue weighted by molar-refractivity contribution is -0.124. The van der Waals surface area contributed by atoms with Gasteiger partial charge in [-0.25, -0.2) is 0 Å². The van der Waals surface area contributed by atoms with Crippen LogP contribution < -0.4 is 5.32 Å². The van der Waals surface area contributed by atoms with Gasteiger partial charge in [-0.1, -0.05) is 43.2 Å². The maximum absolute atomic E-state index is 12.7. The van der Waals surface area contributed by atoms with E-state index < -0.39 is 0 Å². The summed E-state index contributed by atoms with van der Waals surface area (Å²) >= 11 is 0. The second-order valence-corrected chi connectivity index (χ2v) is 7.58. The highest BCUT2D eigenvalue weighted by Crippen LogP contribution is 2.35. The van der Waals surface area contributed by atoms with Crippen LogP contribution >= 0.6 is 0 Å². The lowest BCUT2D eigenvalue weighted by atomic mass is 9.91. The van der Waals surface area contributed by atoms with Crippen molar-refractivity contribution in [2.24, 2.45) is 5.92 Å². The Morgan fingerprint density at radius 2 is 1.92 bits per heavy atom. The number of carbonyl (C=O) groups excluding carboxylic acids is 1. The van der Waals surface area contributed by atoms with E-state index in [1.807, 2.05) is 6.07 Å². The molecule has 1 saturated carbocycles. The summed E-state index contributed by atoms with van der Waals surface area (Å²) < 4.78 is 0. The Kier molecular flexibility index (Phi) is 5.90. The molecule has 1 saturated heterocycles. The first-order chi connectivity index (χ1) is 11.6. The second-order valence-electron chi connectivity index (χ2n) is 7.58. The van der Waals surface area contributed by atoms with Crippen molar-refractivity contribution in [3.63, 3.8) is 0 Å². The molecule has 2 aliphatic rings. The van der Waals surface area contributed by atoms with Gasteiger partial charge in [0.25, 0.3) is 0 Å². The van der Waals surface area contributed by atoms with Gasteiger partial charge >= 0.3 is 0 Å². The molecule has 3 rings (SSSR count). The maximum Gasteiger partial charge on any atom is 0.234 e. The Hall–Kier alpha value is -1.39. The highest BCUT2D eigenvalue weighted by molar-refractivity contribution is 5.78. The van der Waals surface area contributed by atoms with Gasteiger partial charge in [-0.2, -0.15) is 0 Å². The standard InChI is InChI=1S/C20H31N3O/c1-16-14-22(2)12-13-23(16)15-19(24)21-20(18-10-6-7-11-18)17-8-4-3-5-9-17/h3-5,8-9,16,18,20H,6-7,10-15H2,1-2H3,(H,21,24)/t16-,20-/m0/s1. The van der Waals surface area contributed by atoms with E-state index in [0.717, 1.165) is 19.6 Å². The Morgan fingerprint density at radius 1 is 1.21 bits per heavy atom. The van der Waals surface area contributed by atoms with E-state index >= 15 is 0 Å². The molecule has 0 unspecified atom stereocenters. The average Bonchev–Trinajstić information content (AvgIpc) is 3.10. The summed E-state index contributed by atoms with van der Waals surface area (Å²) in [6.07, 6.45) is 5.04. The summed E-state index contributed by atoms with van der Waals surface area (Å²) in [4.78, 5) is 17.4. The molecule has 0 radical (unpaired) electrons. The zero-order valence-corrected chi connectivity index (χ0v) is 15.1. The van der Waals surface area contributed by atoms with Crippen molar-refractivity contribution in [3.8, 4) is 0 Å². The van der Waals surface area contributed by atoms with Crippen LogP contribution in [0.1, 0.15) is 44.2 Å². The van der Waals surface area contributed by atoms with E-state index in [1.54, 1.807) is 0 Å². The summed E-state index contributed by atoms with van der Waals surface area (Å²) in [6.45, 7) is 5.80. The molecule has 4 nitrogen and oxygen atoms in total. The van der Waals surface area contributed by atoms with E-state index in [9.17, 15) is 4.79 Å². The van der Waals surface area contributed by atoms with Crippen molar-refractivity contribution in [2.45, 2.75) is 44.7 Å².